The van der Waals surface area contributed by atoms with Crippen molar-refractivity contribution in [2.75, 3.05) is 13.7 Å². The third-order valence-electron chi connectivity index (χ3n) is 2.39. The van der Waals surface area contributed by atoms with Crippen LogP contribution >= 0.6 is 15.9 Å². The molecule has 0 spiro atoms. The van der Waals surface area contributed by atoms with E-state index in [-0.39, 0.29) is 0 Å². The van der Waals surface area contributed by atoms with Gasteiger partial charge in [-0.2, -0.15) is 0 Å². The van der Waals surface area contributed by atoms with Crippen LogP contribution in [0, 0.1) is 0 Å². The van der Waals surface area contributed by atoms with Crippen LogP contribution in [0.4, 0.5) is 0 Å². The van der Waals surface area contributed by atoms with Gasteiger partial charge in [-0.1, -0.05) is 6.07 Å². The number of nitrogens with one attached hydrogen (secondary N) is 1. The molecule has 3 heteroatoms. The number of fused-ring (bicyclic) bond motifs is 1. The van der Waals surface area contributed by atoms with Crippen LogP contribution in [0.1, 0.15) is 11.1 Å². The molecular formula is C10H12BrNO. The zero-order valence-electron chi connectivity index (χ0n) is 7.56. The van der Waals surface area contributed by atoms with Gasteiger partial charge in [-0.3, -0.25) is 0 Å². The summed E-state index contributed by atoms with van der Waals surface area (Å²) in [5, 5.41) is 3.34. The summed E-state index contributed by atoms with van der Waals surface area (Å²) in [7, 11) is 1.72. The van der Waals surface area contributed by atoms with Gasteiger partial charge in [-0.05, 0) is 40.5 Å². The number of hydrogen-bond donors (Lipinski definition) is 1. The molecule has 0 saturated heterocycles. The third-order valence-corrected chi connectivity index (χ3v) is 3.01. The first-order valence-corrected chi connectivity index (χ1v) is 5.17. The Morgan fingerprint density at radius 1 is 1.46 bits per heavy atom. The monoisotopic (exact) mass is 241 g/mol. The third kappa shape index (κ3) is 1.58. The van der Waals surface area contributed by atoms with Crippen LogP contribution in [0.2, 0.25) is 0 Å². The van der Waals surface area contributed by atoms with Crippen molar-refractivity contribution in [3.05, 3.63) is 27.7 Å². The van der Waals surface area contributed by atoms with Crippen molar-refractivity contribution in [2.45, 2.75) is 13.0 Å². The van der Waals surface area contributed by atoms with Gasteiger partial charge in [-0.15, -0.1) is 0 Å². The number of methoxy groups -OCH3 is 1. The summed E-state index contributed by atoms with van der Waals surface area (Å²) in [5.74, 6) is 0.977. The van der Waals surface area contributed by atoms with E-state index in [1.54, 1.807) is 7.11 Å². The molecule has 13 heavy (non-hydrogen) atoms. The molecule has 1 N–H and O–H groups in total. The Kier molecular flexibility index (Phi) is 2.56. The van der Waals surface area contributed by atoms with Gasteiger partial charge in [0.1, 0.15) is 5.75 Å². The molecular weight excluding hydrogens is 230 g/mol. The van der Waals surface area contributed by atoms with Crippen LogP contribution in [0.3, 0.4) is 0 Å². The standard InChI is InChI=1S/C10H12BrNO/c1-13-10-8-6-12-5-4-7(8)2-3-9(10)11/h2-3,12H,4-6H2,1H3. The lowest BCUT2D eigenvalue weighted by atomic mass is 10.0. The molecule has 0 fully saturated rings. The average molecular weight is 242 g/mol. The highest BCUT2D eigenvalue weighted by Crippen LogP contribution is 2.32. The van der Waals surface area contributed by atoms with E-state index in [1.165, 1.54) is 11.1 Å². The molecule has 1 heterocycles. The van der Waals surface area contributed by atoms with Crippen molar-refractivity contribution in [1.82, 2.24) is 5.32 Å². The van der Waals surface area contributed by atoms with E-state index >= 15 is 0 Å². The molecule has 1 aromatic carbocycles. The van der Waals surface area contributed by atoms with Crippen molar-refractivity contribution < 1.29 is 4.74 Å². The highest BCUT2D eigenvalue weighted by Gasteiger charge is 2.15. The highest BCUT2D eigenvalue weighted by atomic mass is 79.9. The van der Waals surface area contributed by atoms with Gasteiger partial charge in [0.2, 0.25) is 0 Å². The van der Waals surface area contributed by atoms with Crippen LogP contribution in [-0.2, 0) is 13.0 Å². The van der Waals surface area contributed by atoms with E-state index in [9.17, 15) is 0 Å². The highest BCUT2D eigenvalue weighted by molar-refractivity contribution is 9.10. The summed E-state index contributed by atoms with van der Waals surface area (Å²) in [4.78, 5) is 0. The van der Waals surface area contributed by atoms with E-state index in [1.807, 2.05) is 0 Å². The Morgan fingerprint density at radius 2 is 2.31 bits per heavy atom. The molecule has 0 atom stereocenters. The summed E-state index contributed by atoms with van der Waals surface area (Å²) >= 11 is 3.48. The summed E-state index contributed by atoms with van der Waals surface area (Å²) < 4.78 is 6.40. The fourth-order valence-electron chi connectivity index (χ4n) is 1.73. The first kappa shape index (κ1) is 9.03. The van der Waals surface area contributed by atoms with Gasteiger partial charge in [-0.25, -0.2) is 0 Å². The van der Waals surface area contributed by atoms with Gasteiger partial charge in [0.25, 0.3) is 0 Å². The van der Waals surface area contributed by atoms with Crippen LogP contribution in [-0.4, -0.2) is 13.7 Å². The molecule has 0 aromatic heterocycles. The summed E-state index contributed by atoms with van der Waals surface area (Å²) in [6.45, 7) is 1.98. The second kappa shape index (κ2) is 3.68. The van der Waals surface area contributed by atoms with Crippen LogP contribution in [0.5, 0.6) is 5.75 Å². The summed E-state index contributed by atoms with van der Waals surface area (Å²) in [6.07, 6.45) is 1.10. The first-order valence-electron chi connectivity index (χ1n) is 4.38. The van der Waals surface area contributed by atoms with Gasteiger partial charge >= 0.3 is 0 Å². The van der Waals surface area contributed by atoms with Crippen molar-refractivity contribution in [3.8, 4) is 5.75 Å². The van der Waals surface area contributed by atoms with Gasteiger partial charge in [0, 0.05) is 12.1 Å². The lowest BCUT2D eigenvalue weighted by molar-refractivity contribution is 0.402. The predicted molar refractivity (Wildman–Crippen MR) is 56.1 cm³/mol. The van der Waals surface area contributed by atoms with Crippen LogP contribution < -0.4 is 10.1 Å². The van der Waals surface area contributed by atoms with Crippen molar-refractivity contribution >= 4 is 15.9 Å². The number of halogens is 1. The lowest BCUT2D eigenvalue weighted by Gasteiger charge is -2.20. The van der Waals surface area contributed by atoms with Crippen molar-refractivity contribution in [3.63, 3.8) is 0 Å². The Balaban J connectivity index is 2.52. The van der Waals surface area contributed by atoms with E-state index < -0.39 is 0 Å². The van der Waals surface area contributed by atoms with E-state index in [0.717, 1.165) is 29.7 Å². The minimum absolute atomic E-state index is 0.915. The molecule has 0 unspecified atom stereocenters. The molecule has 1 aromatic rings. The predicted octanol–water partition coefficient (Wildman–Crippen LogP) is 2.10. The fourth-order valence-corrected chi connectivity index (χ4v) is 2.26. The fraction of sp³-hybridized carbons (Fsp3) is 0.400. The van der Waals surface area contributed by atoms with E-state index in [4.69, 9.17) is 4.74 Å². The smallest absolute Gasteiger partial charge is 0.137 e. The maximum Gasteiger partial charge on any atom is 0.137 e. The van der Waals surface area contributed by atoms with E-state index in [2.05, 4.69) is 33.4 Å². The minimum atomic E-state index is 0.915. The molecule has 0 radical (unpaired) electrons. The second-order valence-electron chi connectivity index (χ2n) is 3.15. The summed E-state index contributed by atoms with van der Waals surface area (Å²) in [5.41, 5.74) is 2.70. The molecule has 0 bridgehead atoms. The first-order chi connectivity index (χ1) is 6.33. The molecule has 1 aliphatic heterocycles. The average Bonchev–Trinajstić information content (AvgIpc) is 2.18. The number of benzene rings is 1. The SMILES string of the molecule is COc1c(Br)ccc2c1CNCC2. The Morgan fingerprint density at radius 3 is 3.08 bits per heavy atom. The normalized spacial score (nSPS) is 15.2. The van der Waals surface area contributed by atoms with Crippen LogP contribution in [0.15, 0.2) is 16.6 Å². The molecule has 70 valence electrons. The molecule has 2 nitrogen and oxygen atoms in total. The Hall–Kier alpha value is -0.540. The second-order valence-corrected chi connectivity index (χ2v) is 4.00. The molecule has 0 saturated carbocycles. The zero-order valence-corrected chi connectivity index (χ0v) is 9.15. The number of rotatable bonds is 1. The topological polar surface area (TPSA) is 21.3 Å². The minimum Gasteiger partial charge on any atom is -0.495 e. The zero-order chi connectivity index (χ0) is 9.26. The Labute approximate surface area is 86.4 Å². The van der Waals surface area contributed by atoms with Crippen molar-refractivity contribution in [2.24, 2.45) is 0 Å². The summed E-state index contributed by atoms with van der Waals surface area (Å²) in [6, 6.07) is 4.23. The number of hydrogen-bond acceptors (Lipinski definition) is 2. The number of ether oxygens (including phenoxy) is 1. The van der Waals surface area contributed by atoms with E-state index in [0.29, 0.717) is 0 Å². The molecule has 0 amide bonds. The molecule has 2 rings (SSSR count). The van der Waals surface area contributed by atoms with Gasteiger partial charge in [0.15, 0.2) is 0 Å². The largest absolute Gasteiger partial charge is 0.495 e. The Bertz CT molecular complexity index is 325. The quantitative estimate of drug-likeness (QED) is 0.814. The molecule has 0 aliphatic carbocycles. The lowest BCUT2D eigenvalue weighted by Crippen LogP contribution is -2.24. The van der Waals surface area contributed by atoms with Crippen LogP contribution in [0.25, 0.3) is 0 Å². The maximum absolute atomic E-state index is 5.36. The van der Waals surface area contributed by atoms with Crippen molar-refractivity contribution in [1.29, 1.82) is 0 Å². The molecule has 1 aliphatic rings. The van der Waals surface area contributed by atoms with Gasteiger partial charge in [0.05, 0.1) is 11.6 Å². The maximum atomic E-state index is 5.36. The van der Waals surface area contributed by atoms with Gasteiger partial charge < -0.3 is 10.1 Å².